The molecule has 18 heavy (non-hydrogen) atoms. The Balaban J connectivity index is 3.01. The Morgan fingerprint density at radius 2 is 2.00 bits per heavy atom. The highest BCUT2D eigenvalue weighted by Crippen LogP contribution is 2.31. The molecule has 1 aromatic rings. The third-order valence-electron chi connectivity index (χ3n) is 2.50. The molecular weight excluding hydrogens is 277 g/mol. The van der Waals surface area contributed by atoms with Crippen LogP contribution in [-0.4, -0.2) is 17.3 Å². The highest BCUT2D eigenvalue weighted by molar-refractivity contribution is 6.35. The standard InChI is InChI=1S/C12H15Cl2NO3/c1-6(2)11(18-12(15)17)10(16)8-4-3-7(13)5-9(8)14/h3-6,10-11,16H,1-2H3,(H2,15,17)/t10-,11-/m0/s1. The fourth-order valence-corrected chi connectivity index (χ4v) is 2.14. The Hall–Kier alpha value is -0.970. The number of aliphatic hydroxyl groups is 1. The van der Waals surface area contributed by atoms with E-state index >= 15 is 0 Å². The van der Waals surface area contributed by atoms with E-state index in [2.05, 4.69) is 0 Å². The summed E-state index contributed by atoms with van der Waals surface area (Å²) in [5, 5.41) is 11.0. The molecule has 0 saturated heterocycles. The largest absolute Gasteiger partial charge is 0.443 e. The number of amides is 1. The first-order chi connectivity index (χ1) is 8.32. The van der Waals surface area contributed by atoms with Crippen molar-refractivity contribution in [2.75, 3.05) is 0 Å². The molecule has 0 unspecified atom stereocenters. The number of primary amides is 1. The smallest absolute Gasteiger partial charge is 0.404 e. The predicted octanol–water partition coefficient (Wildman–Crippen LogP) is 3.15. The Kier molecular flexibility index (Phi) is 5.26. The van der Waals surface area contributed by atoms with Gasteiger partial charge in [0.15, 0.2) is 0 Å². The van der Waals surface area contributed by atoms with E-state index in [1.165, 1.54) is 6.07 Å². The third kappa shape index (κ3) is 3.77. The Morgan fingerprint density at radius 3 is 2.44 bits per heavy atom. The first kappa shape index (κ1) is 15.1. The van der Waals surface area contributed by atoms with E-state index in [1.807, 2.05) is 0 Å². The minimum atomic E-state index is -1.05. The third-order valence-corrected chi connectivity index (χ3v) is 3.06. The van der Waals surface area contributed by atoms with Gasteiger partial charge in [-0.05, 0) is 18.1 Å². The SMILES string of the molecule is CC(C)[C@H](OC(N)=O)[C@@H](O)c1ccc(Cl)cc1Cl. The molecule has 0 spiro atoms. The molecule has 0 aliphatic rings. The van der Waals surface area contributed by atoms with Gasteiger partial charge < -0.3 is 15.6 Å². The van der Waals surface area contributed by atoms with Crippen molar-refractivity contribution >= 4 is 29.3 Å². The van der Waals surface area contributed by atoms with Crippen LogP contribution in [0.2, 0.25) is 10.0 Å². The van der Waals surface area contributed by atoms with Gasteiger partial charge in [0.25, 0.3) is 0 Å². The monoisotopic (exact) mass is 291 g/mol. The van der Waals surface area contributed by atoms with Crippen LogP contribution in [0.5, 0.6) is 0 Å². The van der Waals surface area contributed by atoms with Crippen LogP contribution in [0.1, 0.15) is 25.5 Å². The van der Waals surface area contributed by atoms with Crippen molar-refractivity contribution < 1.29 is 14.6 Å². The van der Waals surface area contributed by atoms with Gasteiger partial charge in [0, 0.05) is 15.6 Å². The average molecular weight is 292 g/mol. The minimum Gasteiger partial charge on any atom is -0.443 e. The fraction of sp³-hybridized carbons (Fsp3) is 0.417. The normalized spacial score (nSPS) is 14.3. The fourth-order valence-electron chi connectivity index (χ4n) is 1.62. The van der Waals surface area contributed by atoms with Gasteiger partial charge >= 0.3 is 6.09 Å². The van der Waals surface area contributed by atoms with E-state index < -0.39 is 18.3 Å². The Bertz CT molecular complexity index is 437. The number of ether oxygens (including phenoxy) is 1. The minimum absolute atomic E-state index is 0.112. The summed E-state index contributed by atoms with van der Waals surface area (Å²) in [7, 11) is 0. The average Bonchev–Trinajstić information content (AvgIpc) is 2.24. The number of carbonyl (C=O) groups is 1. The lowest BCUT2D eigenvalue weighted by Crippen LogP contribution is -2.32. The van der Waals surface area contributed by atoms with Crippen LogP contribution in [0.4, 0.5) is 4.79 Å². The number of benzene rings is 1. The molecular formula is C12H15Cl2NO3. The molecule has 1 amide bonds. The molecule has 0 aromatic heterocycles. The maximum absolute atomic E-state index is 10.8. The van der Waals surface area contributed by atoms with E-state index in [0.717, 1.165) is 0 Å². The van der Waals surface area contributed by atoms with Gasteiger partial charge in [-0.1, -0.05) is 43.1 Å². The van der Waals surface area contributed by atoms with Crippen LogP contribution in [0.3, 0.4) is 0 Å². The van der Waals surface area contributed by atoms with Gasteiger partial charge in [-0.25, -0.2) is 4.79 Å². The predicted molar refractivity (Wildman–Crippen MR) is 70.7 cm³/mol. The molecule has 6 heteroatoms. The second-order valence-corrected chi connectivity index (χ2v) is 5.10. The van der Waals surface area contributed by atoms with E-state index in [4.69, 9.17) is 33.7 Å². The van der Waals surface area contributed by atoms with Crippen molar-refractivity contribution in [2.24, 2.45) is 11.7 Å². The highest BCUT2D eigenvalue weighted by atomic mass is 35.5. The van der Waals surface area contributed by atoms with Crippen molar-refractivity contribution in [3.05, 3.63) is 33.8 Å². The summed E-state index contributed by atoms with van der Waals surface area (Å²) in [5.41, 5.74) is 5.43. The lowest BCUT2D eigenvalue weighted by molar-refractivity contribution is -0.0196. The number of nitrogens with two attached hydrogens (primary N) is 1. The quantitative estimate of drug-likeness (QED) is 0.895. The number of rotatable bonds is 4. The lowest BCUT2D eigenvalue weighted by atomic mass is 9.96. The highest BCUT2D eigenvalue weighted by Gasteiger charge is 2.28. The summed E-state index contributed by atoms with van der Waals surface area (Å²) in [6, 6.07) is 4.71. The first-order valence-corrected chi connectivity index (χ1v) is 6.17. The van der Waals surface area contributed by atoms with E-state index in [0.29, 0.717) is 15.6 Å². The maximum Gasteiger partial charge on any atom is 0.404 e. The van der Waals surface area contributed by atoms with Crippen molar-refractivity contribution in [1.29, 1.82) is 0 Å². The summed E-state index contributed by atoms with van der Waals surface area (Å²) in [4.78, 5) is 10.8. The molecule has 0 bridgehead atoms. The summed E-state index contributed by atoms with van der Waals surface area (Å²) in [6.45, 7) is 3.61. The molecule has 4 nitrogen and oxygen atoms in total. The van der Waals surface area contributed by atoms with E-state index in [-0.39, 0.29) is 5.92 Å². The molecule has 0 saturated carbocycles. The van der Waals surface area contributed by atoms with Crippen LogP contribution in [-0.2, 0) is 4.74 Å². The number of carbonyl (C=O) groups excluding carboxylic acids is 1. The van der Waals surface area contributed by atoms with E-state index in [9.17, 15) is 9.90 Å². The summed E-state index contributed by atoms with van der Waals surface area (Å²) in [5.74, 6) is -0.112. The van der Waals surface area contributed by atoms with Crippen LogP contribution < -0.4 is 5.73 Å². The van der Waals surface area contributed by atoms with Gasteiger partial charge in [0.2, 0.25) is 0 Å². The Labute approximate surface area is 116 Å². The zero-order valence-corrected chi connectivity index (χ0v) is 11.6. The molecule has 3 N–H and O–H groups in total. The molecule has 0 heterocycles. The summed E-state index contributed by atoms with van der Waals surface area (Å²) < 4.78 is 4.91. The van der Waals surface area contributed by atoms with Crippen LogP contribution in [0.25, 0.3) is 0 Å². The maximum atomic E-state index is 10.8. The zero-order valence-electron chi connectivity index (χ0n) is 10.1. The van der Waals surface area contributed by atoms with Crippen molar-refractivity contribution in [1.82, 2.24) is 0 Å². The molecule has 0 radical (unpaired) electrons. The van der Waals surface area contributed by atoms with Gasteiger partial charge in [-0.2, -0.15) is 0 Å². The molecule has 0 aliphatic heterocycles. The summed E-state index contributed by atoms with van der Waals surface area (Å²) >= 11 is 11.8. The second kappa shape index (κ2) is 6.27. The van der Waals surface area contributed by atoms with Crippen LogP contribution in [0, 0.1) is 5.92 Å². The topological polar surface area (TPSA) is 72.5 Å². The van der Waals surface area contributed by atoms with Gasteiger partial charge in [0.05, 0.1) is 0 Å². The van der Waals surface area contributed by atoms with Crippen LogP contribution in [0.15, 0.2) is 18.2 Å². The summed E-state index contributed by atoms with van der Waals surface area (Å²) in [6.07, 6.45) is -2.75. The number of aliphatic hydroxyl groups excluding tert-OH is 1. The Morgan fingerprint density at radius 1 is 1.39 bits per heavy atom. The lowest BCUT2D eigenvalue weighted by Gasteiger charge is -2.26. The first-order valence-electron chi connectivity index (χ1n) is 5.42. The van der Waals surface area contributed by atoms with E-state index in [1.54, 1.807) is 26.0 Å². The molecule has 1 aromatic carbocycles. The van der Waals surface area contributed by atoms with Gasteiger partial charge in [-0.15, -0.1) is 0 Å². The van der Waals surface area contributed by atoms with Crippen molar-refractivity contribution in [3.8, 4) is 0 Å². The van der Waals surface area contributed by atoms with Crippen molar-refractivity contribution in [3.63, 3.8) is 0 Å². The van der Waals surface area contributed by atoms with Gasteiger partial charge in [0.1, 0.15) is 12.2 Å². The molecule has 0 fully saturated rings. The van der Waals surface area contributed by atoms with Crippen LogP contribution >= 0.6 is 23.2 Å². The number of halogens is 2. The number of hydrogen-bond donors (Lipinski definition) is 2. The molecule has 1 rings (SSSR count). The molecule has 100 valence electrons. The molecule has 0 aliphatic carbocycles. The number of hydrogen-bond acceptors (Lipinski definition) is 3. The van der Waals surface area contributed by atoms with Crippen molar-refractivity contribution in [2.45, 2.75) is 26.1 Å². The second-order valence-electron chi connectivity index (χ2n) is 4.26. The molecule has 2 atom stereocenters. The zero-order chi connectivity index (χ0) is 13.9. The van der Waals surface area contributed by atoms with Gasteiger partial charge in [-0.3, -0.25) is 0 Å².